The highest BCUT2D eigenvalue weighted by Gasteiger charge is 2.08. The lowest BCUT2D eigenvalue weighted by atomic mass is 10.3. The number of hydrogen-bond donors (Lipinski definition) is 0. The third-order valence-electron chi connectivity index (χ3n) is 2.12. The van der Waals surface area contributed by atoms with Gasteiger partial charge in [0.05, 0.1) is 4.88 Å². The van der Waals surface area contributed by atoms with Gasteiger partial charge in [-0.05, 0) is 30.9 Å². The van der Waals surface area contributed by atoms with Crippen LogP contribution in [0.25, 0.3) is 10.7 Å². The Morgan fingerprint density at radius 3 is 3.00 bits per heavy atom. The van der Waals surface area contributed by atoms with Crippen molar-refractivity contribution in [2.75, 3.05) is 0 Å². The number of hydrogen-bond acceptors (Lipinski definition) is 2. The second-order valence-electron chi connectivity index (χ2n) is 2.97. The van der Waals surface area contributed by atoms with Gasteiger partial charge in [-0.15, -0.1) is 11.3 Å². The second-order valence-corrected chi connectivity index (χ2v) is 3.89. The molecule has 0 aromatic carbocycles. The first-order valence-corrected chi connectivity index (χ1v) is 5.26. The number of aromatic nitrogens is 2. The Morgan fingerprint density at radius 1 is 1.54 bits per heavy atom. The highest BCUT2D eigenvalue weighted by Crippen LogP contribution is 2.27. The van der Waals surface area contributed by atoms with Gasteiger partial charge in [0.25, 0.3) is 0 Å². The molecule has 0 aliphatic rings. The maximum absolute atomic E-state index is 4.36. The average Bonchev–Trinajstić information content (AvgIpc) is 2.71. The molecule has 0 atom stereocenters. The molecule has 2 heterocycles. The Kier molecular flexibility index (Phi) is 2.19. The molecule has 0 saturated heterocycles. The molecule has 13 heavy (non-hydrogen) atoms. The van der Waals surface area contributed by atoms with Crippen LogP contribution in [-0.4, -0.2) is 9.55 Å². The molecule has 3 heteroatoms. The first-order chi connectivity index (χ1) is 6.33. The predicted octanol–water partition coefficient (Wildman–Crippen LogP) is 2.94. The lowest BCUT2D eigenvalue weighted by molar-refractivity contribution is 0.772. The summed E-state index contributed by atoms with van der Waals surface area (Å²) in [6, 6.07) is 2.13. The van der Waals surface area contributed by atoms with Gasteiger partial charge in [0.2, 0.25) is 0 Å². The van der Waals surface area contributed by atoms with Crippen LogP contribution in [0.1, 0.15) is 12.5 Å². The molecular weight excluding hydrogens is 180 g/mol. The van der Waals surface area contributed by atoms with Crippen molar-refractivity contribution in [2.45, 2.75) is 20.4 Å². The molecule has 68 valence electrons. The zero-order valence-electron chi connectivity index (χ0n) is 7.82. The highest BCUT2D eigenvalue weighted by molar-refractivity contribution is 7.13. The minimum atomic E-state index is 0.979. The van der Waals surface area contributed by atoms with Crippen LogP contribution in [0.2, 0.25) is 0 Å². The molecule has 0 bridgehead atoms. The highest BCUT2D eigenvalue weighted by atomic mass is 32.1. The Balaban J connectivity index is 2.52. The summed E-state index contributed by atoms with van der Waals surface area (Å²) in [7, 11) is 0. The summed E-state index contributed by atoms with van der Waals surface area (Å²) in [5.74, 6) is 1.09. The fourth-order valence-corrected chi connectivity index (χ4v) is 2.31. The maximum atomic E-state index is 4.36. The van der Waals surface area contributed by atoms with Gasteiger partial charge in [0.1, 0.15) is 5.82 Å². The summed E-state index contributed by atoms with van der Waals surface area (Å²) in [6.45, 7) is 5.24. The zero-order chi connectivity index (χ0) is 9.26. The number of imidazole rings is 1. The number of thiophene rings is 1. The average molecular weight is 192 g/mol. The van der Waals surface area contributed by atoms with Crippen molar-refractivity contribution in [1.29, 1.82) is 0 Å². The molecule has 0 saturated carbocycles. The van der Waals surface area contributed by atoms with E-state index >= 15 is 0 Å². The van der Waals surface area contributed by atoms with Gasteiger partial charge in [0, 0.05) is 18.9 Å². The van der Waals surface area contributed by atoms with E-state index in [-0.39, 0.29) is 0 Å². The summed E-state index contributed by atoms with van der Waals surface area (Å²) in [4.78, 5) is 5.65. The molecular formula is C10H12N2S. The van der Waals surface area contributed by atoms with Gasteiger partial charge in [-0.3, -0.25) is 0 Å². The van der Waals surface area contributed by atoms with Crippen LogP contribution in [0.15, 0.2) is 23.8 Å². The minimum absolute atomic E-state index is 0.979. The van der Waals surface area contributed by atoms with Crippen molar-refractivity contribution in [3.63, 3.8) is 0 Å². The molecule has 0 N–H and O–H groups in total. The van der Waals surface area contributed by atoms with E-state index < -0.39 is 0 Å². The van der Waals surface area contributed by atoms with Crippen molar-refractivity contribution in [3.8, 4) is 10.7 Å². The molecule has 0 aliphatic heterocycles. The summed E-state index contributed by atoms with van der Waals surface area (Å²) in [5, 5.41) is 2.11. The number of aryl methyl sites for hydroxylation is 2. The Hall–Kier alpha value is -1.09. The Labute approximate surface area is 81.9 Å². The molecule has 2 rings (SSSR count). The molecule has 0 radical (unpaired) electrons. The van der Waals surface area contributed by atoms with Crippen LogP contribution in [0.4, 0.5) is 0 Å². The van der Waals surface area contributed by atoms with Gasteiger partial charge >= 0.3 is 0 Å². The van der Waals surface area contributed by atoms with E-state index in [1.807, 2.05) is 12.4 Å². The predicted molar refractivity (Wildman–Crippen MR) is 56.0 cm³/mol. The quantitative estimate of drug-likeness (QED) is 0.715. The van der Waals surface area contributed by atoms with Crippen LogP contribution in [0, 0.1) is 6.92 Å². The standard InChI is InChI=1S/C10H12N2S/c1-3-12-6-5-11-10(12)9-8(2)4-7-13-9/h4-7H,3H2,1-2H3. The third-order valence-corrected chi connectivity index (χ3v) is 3.13. The lowest BCUT2D eigenvalue weighted by Crippen LogP contribution is -1.95. The monoisotopic (exact) mass is 192 g/mol. The van der Waals surface area contributed by atoms with Crippen molar-refractivity contribution in [2.24, 2.45) is 0 Å². The number of nitrogens with zero attached hydrogens (tertiary/aromatic N) is 2. The summed E-state index contributed by atoms with van der Waals surface area (Å²) in [5.41, 5.74) is 1.31. The molecule has 0 spiro atoms. The van der Waals surface area contributed by atoms with Crippen molar-refractivity contribution in [3.05, 3.63) is 29.4 Å². The normalized spacial score (nSPS) is 10.6. The van der Waals surface area contributed by atoms with Crippen LogP contribution < -0.4 is 0 Å². The molecule has 0 unspecified atom stereocenters. The van der Waals surface area contributed by atoms with E-state index in [0.29, 0.717) is 0 Å². The van der Waals surface area contributed by atoms with E-state index in [0.717, 1.165) is 12.4 Å². The lowest BCUT2D eigenvalue weighted by Gasteiger charge is -2.02. The van der Waals surface area contributed by atoms with Gasteiger partial charge in [0.15, 0.2) is 0 Å². The Morgan fingerprint density at radius 2 is 2.38 bits per heavy atom. The first-order valence-electron chi connectivity index (χ1n) is 4.38. The third kappa shape index (κ3) is 1.40. The number of rotatable bonds is 2. The van der Waals surface area contributed by atoms with Crippen molar-refractivity contribution >= 4 is 11.3 Å². The van der Waals surface area contributed by atoms with Gasteiger partial charge < -0.3 is 4.57 Å². The fourth-order valence-electron chi connectivity index (χ4n) is 1.38. The van der Waals surface area contributed by atoms with Crippen LogP contribution in [-0.2, 0) is 6.54 Å². The van der Waals surface area contributed by atoms with E-state index in [4.69, 9.17) is 0 Å². The Bertz CT molecular complexity index is 400. The molecule has 2 nitrogen and oxygen atoms in total. The molecule has 0 aliphatic carbocycles. The molecule has 2 aromatic rings. The van der Waals surface area contributed by atoms with Gasteiger partial charge in [-0.25, -0.2) is 4.98 Å². The first kappa shape index (κ1) is 8.51. The molecule has 0 fully saturated rings. The zero-order valence-corrected chi connectivity index (χ0v) is 8.64. The van der Waals surface area contributed by atoms with E-state index in [1.165, 1.54) is 10.4 Å². The SMILES string of the molecule is CCn1ccnc1-c1sccc1C. The second kappa shape index (κ2) is 3.34. The smallest absolute Gasteiger partial charge is 0.150 e. The molecule has 2 aromatic heterocycles. The van der Waals surface area contributed by atoms with Gasteiger partial charge in [-0.1, -0.05) is 0 Å². The van der Waals surface area contributed by atoms with E-state index in [1.54, 1.807) is 11.3 Å². The maximum Gasteiger partial charge on any atom is 0.150 e. The largest absolute Gasteiger partial charge is 0.331 e. The van der Waals surface area contributed by atoms with E-state index in [9.17, 15) is 0 Å². The van der Waals surface area contributed by atoms with Crippen LogP contribution in [0.3, 0.4) is 0 Å². The van der Waals surface area contributed by atoms with Gasteiger partial charge in [-0.2, -0.15) is 0 Å². The topological polar surface area (TPSA) is 17.8 Å². The summed E-state index contributed by atoms with van der Waals surface area (Å²) in [6.07, 6.45) is 3.88. The van der Waals surface area contributed by atoms with Crippen LogP contribution in [0.5, 0.6) is 0 Å². The van der Waals surface area contributed by atoms with Crippen molar-refractivity contribution in [1.82, 2.24) is 9.55 Å². The minimum Gasteiger partial charge on any atom is -0.331 e. The summed E-state index contributed by atoms with van der Waals surface area (Å²) < 4.78 is 2.17. The van der Waals surface area contributed by atoms with E-state index in [2.05, 4.69) is 34.8 Å². The fraction of sp³-hybridized carbons (Fsp3) is 0.300. The molecule has 0 amide bonds. The van der Waals surface area contributed by atoms with Crippen LogP contribution >= 0.6 is 11.3 Å². The van der Waals surface area contributed by atoms with Crippen molar-refractivity contribution < 1.29 is 0 Å². The summed E-state index contributed by atoms with van der Waals surface area (Å²) >= 11 is 1.75.